The highest BCUT2D eigenvalue weighted by molar-refractivity contribution is 5.17. The zero-order valence-corrected chi connectivity index (χ0v) is 10.6. The predicted molar refractivity (Wildman–Crippen MR) is 68.5 cm³/mol. The van der Waals surface area contributed by atoms with Crippen LogP contribution in [0.5, 0.6) is 0 Å². The smallest absolute Gasteiger partial charge is 0.268 e. The van der Waals surface area contributed by atoms with E-state index in [0.717, 1.165) is 12.1 Å². The van der Waals surface area contributed by atoms with Crippen molar-refractivity contribution in [1.82, 2.24) is 15.1 Å². The SMILES string of the molecule is C=C(CNCC)Cn1[nH]c(=O)c(C)c(C)c1=O. The second-order valence-electron chi connectivity index (χ2n) is 4.11. The second-order valence-corrected chi connectivity index (χ2v) is 4.11. The van der Waals surface area contributed by atoms with Crippen LogP contribution in [0.4, 0.5) is 0 Å². The molecule has 0 bridgehead atoms. The van der Waals surface area contributed by atoms with E-state index in [1.807, 2.05) is 6.92 Å². The fraction of sp³-hybridized carbons (Fsp3) is 0.500. The number of likely N-dealkylation sites (N-methyl/N-ethyl adjacent to an activating group) is 1. The molecule has 0 unspecified atom stereocenters. The normalized spacial score (nSPS) is 10.5. The topological polar surface area (TPSA) is 66.9 Å². The summed E-state index contributed by atoms with van der Waals surface area (Å²) in [6.45, 7) is 11.0. The zero-order valence-electron chi connectivity index (χ0n) is 10.6. The van der Waals surface area contributed by atoms with Crippen LogP contribution < -0.4 is 16.4 Å². The highest BCUT2D eigenvalue weighted by Crippen LogP contribution is 1.94. The van der Waals surface area contributed by atoms with Crippen LogP contribution in [0.2, 0.25) is 0 Å². The maximum atomic E-state index is 11.9. The zero-order chi connectivity index (χ0) is 13.0. The summed E-state index contributed by atoms with van der Waals surface area (Å²) in [4.78, 5) is 23.4. The summed E-state index contributed by atoms with van der Waals surface area (Å²) in [6, 6.07) is 0. The van der Waals surface area contributed by atoms with Crippen LogP contribution in [-0.4, -0.2) is 22.9 Å². The fourth-order valence-corrected chi connectivity index (χ4v) is 1.48. The summed E-state index contributed by atoms with van der Waals surface area (Å²) < 4.78 is 1.31. The van der Waals surface area contributed by atoms with Crippen molar-refractivity contribution >= 4 is 0 Å². The third-order valence-electron chi connectivity index (χ3n) is 2.71. The number of nitrogens with zero attached hydrogens (tertiary/aromatic N) is 1. The first-order chi connectivity index (χ1) is 7.97. The first kappa shape index (κ1) is 13.4. The highest BCUT2D eigenvalue weighted by Gasteiger charge is 2.07. The Kier molecular flexibility index (Phi) is 4.45. The van der Waals surface area contributed by atoms with Gasteiger partial charge in [0.15, 0.2) is 0 Å². The van der Waals surface area contributed by atoms with Crippen molar-refractivity contribution in [2.24, 2.45) is 0 Å². The Bertz CT molecular complexity index is 526. The number of nitrogens with one attached hydrogen (secondary N) is 2. The molecule has 1 aromatic heterocycles. The molecule has 5 nitrogen and oxygen atoms in total. The van der Waals surface area contributed by atoms with Gasteiger partial charge in [0, 0.05) is 17.7 Å². The molecule has 0 aromatic carbocycles. The largest absolute Gasteiger partial charge is 0.313 e. The van der Waals surface area contributed by atoms with Crippen LogP contribution in [0.1, 0.15) is 18.1 Å². The summed E-state index contributed by atoms with van der Waals surface area (Å²) in [5.74, 6) is 0. The van der Waals surface area contributed by atoms with Crippen LogP contribution in [0, 0.1) is 13.8 Å². The van der Waals surface area contributed by atoms with Crippen molar-refractivity contribution < 1.29 is 0 Å². The minimum Gasteiger partial charge on any atom is -0.313 e. The van der Waals surface area contributed by atoms with Gasteiger partial charge in [-0.15, -0.1) is 0 Å². The Morgan fingerprint density at radius 1 is 1.35 bits per heavy atom. The molecule has 0 saturated carbocycles. The molecular weight excluding hydrogens is 218 g/mol. The van der Waals surface area contributed by atoms with Crippen molar-refractivity contribution in [2.75, 3.05) is 13.1 Å². The van der Waals surface area contributed by atoms with E-state index in [2.05, 4.69) is 17.0 Å². The van der Waals surface area contributed by atoms with Gasteiger partial charge >= 0.3 is 0 Å². The van der Waals surface area contributed by atoms with Crippen LogP contribution in [0.3, 0.4) is 0 Å². The Morgan fingerprint density at radius 3 is 2.59 bits per heavy atom. The number of aromatic nitrogens is 2. The van der Waals surface area contributed by atoms with Crippen LogP contribution in [0.25, 0.3) is 0 Å². The molecule has 0 aliphatic carbocycles. The lowest BCUT2D eigenvalue weighted by Gasteiger charge is -2.10. The summed E-state index contributed by atoms with van der Waals surface area (Å²) in [7, 11) is 0. The summed E-state index contributed by atoms with van der Waals surface area (Å²) in [5, 5.41) is 5.67. The average Bonchev–Trinajstić information content (AvgIpc) is 2.30. The van der Waals surface area contributed by atoms with E-state index >= 15 is 0 Å². The van der Waals surface area contributed by atoms with Gasteiger partial charge in [-0.1, -0.05) is 13.5 Å². The van der Waals surface area contributed by atoms with Crippen LogP contribution >= 0.6 is 0 Å². The van der Waals surface area contributed by atoms with Gasteiger partial charge in [-0.2, -0.15) is 0 Å². The second kappa shape index (κ2) is 5.63. The van der Waals surface area contributed by atoms with Crippen molar-refractivity contribution in [3.05, 3.63) is 44.0 Å². The molecule has 0 aliphatic rings. The number of hydrogen-bond acceptors (Lipinski definition) is 3. The number of aromatic amines is 1. The highest BCUT2D eigenvalue weighted by atomic mass is 16.2. The lowest BCUT2D eigenvalue weighted by Crippen LogP contribution is -2.34. The standard InChI is InChI=1S/C12H19N3O2/c1-5-13-6-8(2)7-15-12(17)10(4)9(3)11(16)14-15/h13H,2,5-7H2,1,3-4H3,(H,14,16). The maximum Gasteiger partial charge on any atom is 0.268 e. The summed E-state index contributed by atoms with van der Waals surface area (Å²) in [6.07, 6.45) is 0. The Labute approximate surface area is 100 Å². The molecule has 0 spiro atoms. The molecule has 0 saturated heterocycles. The predicted octanol–water partition coefficient (Wildman–Crippen LogP) is 0.319. The average molecular weight is 237 g/mol. The Hall–Kier alpha value is -1.62. The van der Waals surface area contributed by atoms with Gasteiger partial charge in [-0.05, 0) is 26.0 Å². The van der Waals surface area contributed by atoms with E-state index in [1.165, 1.54) is 4.68 Å². The van der Waals surface area contributed by atoms with Crippen LogP contribution in [0.15, 0.2) is 21.7 Å². The summed E-state index contributed by atoms with van der Waals surface area (Å²) in [5.41, 5.74) is 1.43. The number of H-pyrrole nitrogens is 1. The fourth-order valence-electron chi connectivity index (χ4n) is 1.48. The molecule has 17 heavy (non-hydrogen) atoms. The maximum absolute atomic E-state index is 11.9. The minimum absolute atomic E-state index is 0.167. The first-order valence-corrected chi connectivity index (χ1v) is 5.65. The van der Waals surface area contributed by atoms with Gasteiger partial charge in [0.05, 0.1) is 6.54 Å². The van der Waals surface area contributed by atoms with E-state index in [0.29, 0.717) is 24.2 Å². The molecular formula is C12H19N3O2. The number of hydrogen-bond donors (Lipinski definition) is 2. The van der Waals surface area contributed by atoms with Gasteiger partial charge in [-0.25, -0.2) is 4.68 Å². The molecule has 2 N–H and O–H groups in total. The lowest BCUT2D eigenvalue weighted by molar-refractivity contribution is 0.594. The van der Waals surface area contributed by atoms with Gasteiger partial charge < -0.3 is 5.32 Å². The molecule has 0 amide bonds. The quantitative estimate of drug-likeness (QED) is 0.725. The molecule has 0 atom stereocenters. The van der Waals surface area contributed by atoms with Crippen molar-refractivity contribution in [2.45, 2.75) is 27.3 Å². The number of rotatable bonds is 5. The van der Waals surface area contributed by atoms with E-state index in [1.54, 1.807) is 13.8 Å². The van der Waals surface area contributed by atoms with Gasteiger partial charge in [0.1, 0.15) is 0 Å². The van der Waals surface area contributed by atoms with Gasteiger partial charge in [0.2, 0.25) is 0 Å². The molecule has 1 heterocycles. The van der Waals surface area contributed by atoms with E-state index < -0.39 is 0 Å². The third kappa shape index (κ3) is 3.17. The first-order valence-electron chi connectivity index (χ1n) is 5.65. The molecule has 94 valence electrons. The summed E-state index contributed by atoms with van der Waals surface area (Å²) >= 11 is 0. The Balaban J connectivity index is 2.97. The van der Waals surface area contributed by atoms with Crippen molar-refractivity contribution in [3.8, 4) is 0 Å². The van der Waals surface area contributed by atoms with E-state index in [4.69, 9.17) is 0 Å². The van der Waals surface area contributed by atoms with Crippen molar-refractivity contribution in [1.29, 1.82) is 0 Å². The molecule has 1 rings (SSSR count). The molecule has 0 radical (unpaired) electrons. The minimum atomic E-state index is -0.224. The van der Waals surface area contributed by atoms with Gasteiger partial charge in [-0.3, -0.25) is 14.7 Å². The molecule has 5 heteroatoms. The van der Waals surface area contributed by atoms with E-state index in [9.17, 15) is 9.59 Å². The molecule has 0 fully saturated rings. The lowest BCUT2D eigenvalue weighted by atomic mass is 10.2. The Morgan fingerprint density at radius 2 is 2.00 bits per heavy atom. The van der Waals surface area contributed by atoms with Gasteiger partial charge in [0.25, 0.3) is 11.1 Å². The third-order valence-corrected chi connectivity index (χ3v) is 2.71. The van der Waals surface area contributed by atoms with Crippen LogP contribution in [-0.2, 0) is 6.54 Å². The molecule has 1 aromatic rings. The van der Waals surface area contributed by atoms with E-state index in [-0.39, 0.29) is 11.1 Å². The van der Waals surface area contributed by atoms with Crippen molar-refractivity contribution in [3.63, 3.8) is 0 Å². The monoisotopic (exact) mass is 237 g/mol. The molecule has 0 aliphatic heterocycles.